The fourth-order valence-corrected chi connectivity index (χ4v) is 4.18. The number of carbonyl (C=O) groups excluding carboxylic acids is 1. The lowest BCUT2D eigenvalue weighted by Gasteiger charge is -2.22. The maximum atomic E-state index is 13.0. The summed E-state index contributed by atoms with van der Waals surface area (Å²) in [6.07, 6.45) is 0. The van der Waals surface area contributed by atoms with Crippen LogP contribution in [0.15, 0.2) is 71.6 Å². The summed E-state index contributed by atoms with van der Waals surface area (Å²) in [5.41, 5.74) is 4.37. The van der Waals surface area contributed by atoms with Gasteiger partial charge in [0.1, 0.15) is 0 Å². The van der Waals surface area contributed by atoms with Gasteiger partial charge in [-0.15, -0.1) is 0 Å². The van der Waals surface area contributed by atoms with E-state index in [1.54, 1.807) is 42.5 Å². The molecule has 1 amide bonds. The molecule has 0 radical (unpaired) electrons. The molecule has 0 aliphatic heterocycles. The monoisotopic (exact) mass is 408 g/mol. The average molecular weight is 409 g/mol. The number of nitrogens with one attached hydrogen (secondary N) is 1. The minimum atomic E-state index is -3.74. The molecule has 3 rings (SSSR count). The summed E-state index contributed by atoms with van der Waals surface area (Å²) in [5.74, 6) is -0.295. The van der Waals surface area contributed by atoms with Crippen LogP contribution >= 0.6 is 0 Å². The summed E-state index contributed by atoms with van der Waals surface area (Å²) < 4.78 is 27.3. The highest BCUT2D eigenvalue weighted by molar-refractivity contribution is 7.92. The predicted molar refractivity (Wildman–Crippen MR) is 117 cm³/mol. The van der Waals surface area contributed by atoms with E-state index in [-0.39, 0.29) is 10.8 Å². The third kappa shape index (κ3) is 4.49. The molecule has 1 N–H and O–H groups in total. The van der Waals surface area contributed by atoms with Crippen LogP contribution in [0.1, 0.15) is 27.0 Å². The smallest absolute Gasteiger partial charge is 0.264 e. The van der Waals surface area contributed by atoms with Gasteiger partial charge in [-0.05, 0) is 62.7 Å². The Balaban J connectivity index is 1.90. The quantitative estimate of drug-likeness (QED) is 0.666. The highest BCUT2D eigenvalue weighted by atomic mass is 32.2. The Hall–Kier alpha value is -3.12. The molecule has 29 heavy (non-hydrogen) atoms. The molecule has 0 aromatic heterocycles. The lowest BCUT2D eigenvalue weighted by molar-refractivity contribution is 0.102. The first-order chi connectivity index (χ1) is 13.7. The maximum Gasteiger partial charge on any atom is 0.264 e. The van der Waals surface area contributed by atoms with Crippen LogP contribution < -0.4 is 9.62 Å². The van der Waals surface area contributed by atoms with Gasteiger partial charge in [0.05, 0.1) is 10.6 Å². The zero-order valence-corrected chi connectivity index (χ0v) is 17.7. The van der Waals surface area contributed by atoms with E-state index in [1.165, 1.54) is 11.4 Å². The highest BCUT2D eigenvalue weighted by Gasteiger charge is 2.23. The molecule has 6 heteroatoms. The molecule has 5 nitrogen and oxygen atoms in total. The molecule has 3 aromatic rings. The van der Waals surface area contributed by atoms with Crippen LogP contribution in [0, 0.1) is 20.8 Å². The summed E-state index contributed by atoms with van der Waals surface area (Å²) in [4.78, 5) is 12.9. The zero-order valence-electron chi connectivity index (χ0n) is 16.9. The first kappa shape index (κ1) is 20.6. The minimum absolute atomic E-state index is 0.208. The fraction of sp³-hybridized carbons (Fsp3) is 0.174. The van der Waals surface area contributed by atoms with E-state index < -0.39 is 10.0 Å². The highest BCUT2D eigenvalue weighted by Crippen LogP contribution is 2.27. The number of anilines is 2. The number of hydrogen-bond acceptors (Lipinski definition) is 3. The Kier molecular flexibility index (Phi) is 5.75. The topological polar surface area (TPSA) is 66.5 Å². The number of amides is 1. The molecule has 0 fully saturated rings. The molecule has 0 atom stereocenters. The van der Waals surface area contributed by atoms with Crippen LogP contribution in [0.4, 0.5) is 11.4 Å². The Morgan fingerprint density at radius 3 is 1.97 bits per heavy atom. The van der Waals surface area contributed by atoms with Crippen LogP contribution in [0.25, 0.3) is 0 Å². The van der Waals surface area contributed by atoms with Crippen molar-refractivity contribution in [3.63, 3.8) is 0 Å². The molecule has 3 aromatic carbocycles. The van der Waals surface area contributed by atoms with E-state index in [4.69, 9.17) is 0 Å². The van der Waals surface area contributed by atoms with Crippen molar-refractivity contribution in [3.05, 3.63) is 89.0 Å². The summed E-state index contributed by atoms with van der Waals surface area (Å²) in [7, 11) is -2.24. The molecule has 0 aliphatic rings. The van der Waals surface area contributed by atoms with Crippen molar-refractivity contribution in [2.45, 2.75) is 25.7 Å². The second-order valence-electron chi connectivity index (χ2n) is 7.11. The van der Waals surface area contributed by atoms with Crippen molar-refractivity contribution >= 4 is 27.3 Å². The second kappa shape index (κ2) is 8.09. The third-order valence-corrected chi connectivity index (χ3v) is 6.59. The largest absolute Gasteiger partial charge is 0.322 e. The van der Waals surface area contributed by atoms with Gasteiger partial charge in [0.25, 0.3) is 15.9 Å². The van der Waals surface area contributed by atoms with Crippen molar-refractivity contribution in [2.24, 2.45) is 0 Å². The van der Waals surface area contributed by atoms with Gasteiger partial charge in [-0.3, -0.25) is 9.10 Å². The van der Waals surface area contributed by atoms with Crippen LogP contribution in [0.2, 0.25) is 0 Å². The lowest BCUT2D eigenvalue weighted by Crippen LogP contribution is -2.27. The molecule has 0 heterocycles. The molecule has 0 bridgehead atoms. The van der Waals surface area contributed by atoms with E-state index in [1.807, 2.05) is 45.0 Å². The Labute approximate surface area is 172 Å². The van der Waals surface area contributed by atoms with E-state index >= 15 is 0 Å². The van der Waals surface area contributed by atoms with Gasteiger partial charge in [0, 0.05) is 18.3 Å². The Morgan fingerprint density at radius 1 is 0.828 bits per heavy atom. The summed E-state index contributed by atoms with van der Waals surface area (Å²) in [6, 6.07) is 19.2. The molecule has 0 spiro atoms. The van der Waals surface area contributed by atoms with Crippen molar-refractivity contribution < 1.29 is 13.2 Å². The zero-order chi connectivity index (χ0) is 21.2. The maximum absolute atomic E-state index is 13.0. The second-order valence-corrected chi connectivity index (χ2v) is 9.08. The summed E-state index contributed by atoms with van der Waals surface area (Å²) >= 11 is 0. The van der Waals surface area contributed by atoms with Crippen LogP contribution in [0.3, 0.4) is 0 Å². The van der Waals surface area contributed by atoms with Gasteiger partial charge >= 0.3 is 0 Å². The number of rotatable bonds is 5. The number of benzene rings is 3. The van der Waals surface area contributed by atoms with Crippen molar-refractivity contribution in [3.8, 4) is 0 Å². The van der Waals surface area contributed by atoms with Gasteiger partial charge in [-0.2, -0.15) is 0 Å². The van der Waals surface area contributed by atoms with Crippen molar-refractivity contribution in [1.82, 2.24) is 0 Å². The Morgan fingerprint density at radius 2 is 1.38 bits per heavy atom. The molecular formula is C23H24N2O3S. The molecule has 0 unspecified atom stereocenters. The SMILES string of the molecule is Cc1ccc(NC(=O)c2ccc(C)c(N(C)S(=O)(=O)c3ccc(C)cc3)c2)cc1. The molecule has 150 valence electrons. The Bertz CT molecular complexity index is 1140. The minimum Gasteiger partial charge on any atom is -0.322 e. The molecule has 0 saturated carbocycles. The number of carbonyl (C=O) groups is 1. The first-order valence-electron chi connectivity index (χ1n) is 9.23. The molecule has 0 aliphatic carbocycles. The molecular weight excluding hydrogens is 384 g/mol. The van der Waals surface area contributed by atoms with Gasteiger partial charge in [-0.25, -0.2) is 8.42 Å². The van der Waals surface area contributed by atoms with Crippen LogP contribution in [-0.4, -0.2) is 21.4 Å². The average Bonchev–Trinajstić information content (AvgIpc) is 2.70. The van der Waals surface area contributed by atoms with E-state index in [2.05, 4.69) is 5.32 Å². The predicted octanol–water partition coefficient (Wildman–Crippen LogP) is 4.69. The number of aryl methyl sites for hydroxylation is 3. The normalized spacial score (nSPS) is 11.2. The van der Waals surface area contributed by atoms with Gasteiger partial charge < -0.3 is 5.32 Å². The molecule has 0 saturated heterocycles. The number of hydrogen-bond donors (Lipinski definition) is 1. The van der Waals surface area contributed by atoms with Gasteiger partial charge in [0.2, 0.25) is 0 Å². The van der Waals surface area contributed by atoms with E-state index in [0.717, 1.165) is 16.7 Å². The van der Waals surface area contributed by atoms with E-state index in [9.17, 15) is 13.2 Å². The van der Waals surface area contributed by atoms with Crippen LogP contribution in [0.5, 0.6) is 0 Å². The summed E-state index contributed by atoms with van der Waals surface area (Å²) in [6.45, 7) is 5.70. The third-order valence-electron chi connectivity index (χ3n) is 4.80. The van der Waals surface area contributed by atoms with Crippen LogP contribution in [-0.2, 0) is 10.0 Å². The number of sulfonamides is 1. The standard InChI is InChI=1S/C23H24N2O3S/c1-16-5-11-20(12-6-16)24-23(26)19-10-9-18(3)22(15-19)25(4)29(27,28)21-13-7-17(2)8-14-21/h5-15H,1-4H3,(H,24,26). The van der Waals surface area contributed by atoms with Gasteiger partial charge in [-0.1, -0.05) is 41.5 Å². The first-order valence-corrected chi connectivity index (χ1v) is 10.7. The van der Waals surface area contributed by atoms with E-state index in [0.29, 0.717) is 16.9 Å². The lowest BCUT2D eigenvalue weighted by atomic mass is 10.1. The summed E-state index contributed by atoms with van der Waals surface area (Å²) in [5, 5.41) is 2.84. The number of nitrogens with zero attached hydrogens (tertiary/aromatic N) is 1. The van der Waals surface area contributed by atoms with Gasteiger partial charge in [0.15, 0.2) is 0 Å². The van der Waals surface area contributed by atoms with Crippen molar-refractivity contribution in [1.29, 1.82) is 0 Å². The van der Waals surface area contributed by atoms with Crippen molar-refractivity contribution in [2.75, 3.05) is 16.7 Å². The fourth-order valence-electron chi connectivity index (χ4n) is 2.93.